The molecule has 0 aliphatic carbocycles. The van der Waals surface area contributed by atoms with Gasteiger partial charge in [0, 0.05) is 49.0 Å². The molecule has 1 fully saturated rings. The molecule has 0 bridgehead atoms. The quantitative estimate of drug-likeness (QED) is 0.863. The second kappa shape index (κ2) is 9.03. The van der Waals surface area contributed by atoms with E-state index in [0.717, 1.165) is 18.5 Å². The Bertz CT molecular complexity index is 524. The SMILES string of the molecule is CO[C@@H]1CN(C(=O)NCC[S@@](=O)Cc2ccccc2)CC[C@@H]1C. The third-order valence-electron chi connectivity index (χ3n) is 4.26. The van der Waals surface area contributed by atoms with Gasteiger partial charge in [-0.15, -0.1) is 0 Å². The van der Waals surface area contributed by atoms with E-state index < -0.39 is 10.8 Å². The van der Waals surface area contributed by atoms with Crippen LogP contribution in [0.25, 0.3) is 0 Å². The van der Waals surface area contributed by atoms with Crippen molar-refractivity contribution in [2.75, 3.05) is 32.5 Å². The molecular weight excluding hydrogens is 312 g/mol. The molecule has 1 aromatic carbocycles. The largest absolute Gasteiger partial charge is 0.379 e. The van der Waals surface area contributed by atoms with Crippen LogP contribution in [0.4, 0.5) is 4.79 Å². The number of hydrogen-bond acceptors (Lipinski definition) is 3. The predicted octanol–water partition coefficient (Wildman–Crippen LogP) is 2.00. The van der Waals surface area contributed by atoms with E-state index in [9.17, 15) is 9.00 Å². The third kappa shape index (κ3) is 5.62. The number of benzene rings is 1. The lowest BCUT2D eigenvalue weighted by Gasteiger charge is -2.36. The fourth-order valence-corrected chi connectivity index (χ4v) is 3.78. The predicted molar refractivity (Wildman–Crippen MR) is 92.7 cm³/mol. The zero-order valence-electron chi connectivity index (χ0n) is 13.9. The standard InChI is InChI=1S/C17H26N2O3S/c1-14-8-10-19(12-16(14)22-2)17(20)18-9-11-23(21)13-15-6-4-3-5-7-15/h3-7,14,16H,8-13H2,1-2H3,(H,18,20)/t14-,16+,23+/m0/s1. The van der Waals surface area contributed by atoms with E-state index >= 15 is 0 Å². The Hall–Kier alpha value is -1.40. The molecule has 3 atom stereocenters. The van der Waals surface area contributed by atoms with Crippen molar-refractivity contribution in [3.05, 3.63) is 35.9 Å². The Labute approximate surface area is 140 Å². The highest BCUT2D eigenvalue weighted by Crippen LogP contribution is 2.19. The fourth-order valence-electron chi connectivity index (χ4n) is 2.74. The average molecular weight is 338 g/mol. The monoisotopic (exact) mass is 338 g/mol. The highest BCUT2D eigenvalue weighted by molar-refractivity contribution is 7.84. The Morgan fingerprint density at radius 1 is 1.39 bits per heavy atom. The molecule has 0 unspecified atom stereocenters. The zero-order valence-corrected chi connectivity index (χ0v) is 14.7. The van der Waals surface area contributed by atoms with Gasteiger partial charge in [-0.25, -0.2) is 4.79 Å². The summed E-state index contributed by atoms with van der Waals surface area (Å²) in [6.45, 7) is 3.95. The summed E-state index contributed by atoms with van der Waals surface area (Å²) in [7, 11) is 0.725. The van der Waals surface area contributed by atoms with Crippen LogP contribution in [0.3, 0.4) is 0 Å². The van der Waals surface area contributed by atoms with Gasteiger partial charge < -0.3 is 15.0 Å². The highest BCUT2D eigenvalue weighted by Gasteiger charge is 2.28. The number of piperidine rings is 1. The van der Waals surface area contributed by atoms with Crippen LogP contribution in [0.1, 0.15) is 18.9 Å². The van der Waals surface area contributed by atoms with Gasteiger partial charge in [0.15, 0.2) is 0 Å². The number of carbonyl (C=O) groups is 1. The molecule has 1 saturated heterocycles. The molecule has 1 aliphatic rings. The maximum Gasteiger partial charge on any atom is 0.317 e. The third-order valence-corrected chi connectivity index (χ3v) is 5.57. The first-order valence-electron chi connectivity index (χ1n) is 8.04. The Morgan fingerprint density at radius 3 is 2.83 bits per heavy atom. The summed E-state index contributed by atoms with van der Waals surface area (Å²) in [5, 5.41) is 2.87. The smallest absolute Gasteiger partial charge is 0.317 e. The maximum atomic E-state index is 12.2. The van der Waals surface area contributed by atoms with Crippen molar-refractivity contribution in [1.29, 1.82) is 0 Å². The first kappa shape index (κ1) is 17.9. The van der Waals surface area contributed by atoms with Gasteiger partial charge >= 0.3 is 6.03 Å². The molecule has 128 valence electrons. The van der Waals surface area contributed by atoms with Gasteiger partial charge in [-0.3, -0.25) is 4.21 Å². The van der Waals surface area contributed by atoms with Crippen LogP contribution in [0.2, 0.25) is 0 Å². The average Bonchev–Trinajstić information content (AvgIpc) is 2.56. The number of ether oxygens (including phenoxy) is 1. The molecule has 0 aromatic heterocycles. The number of carbonyl (C=O) groups excluding carboxylic acids is 1. The Balaban J connectivity index is 1.69. The van der Waals surface area contributed by atoms with Crippen molar-refractivity contribution in [3.63, 3.8) is 0 Å². The lowest BCUT2D eigenvalue weighted by atomic mass is 9.96. The fraction of sp³-hybridized carbons (Fsp3) is 0.588. The van der Waals surface area contributed by atoms with Gasteiger partial charge in [-0.1, -0.05) is 37.3 Å². The lowest BCUT2D eigenvalue weighted by Crippen LogP contribution is -2.50. The van der Waals surface area contributed by atoms with Gasteiger partial charge in [0.25, 0.3) is 0 Å². The summed E-state index contributed by atoms with van der Waals surface area (Å²) in [6.07, 6.45) is 1.05. The van der Waals surface area contributed by atoms with Crippen LogP contribution in [0.15, 0.2) is 30.3 Å². The molecule has 0 spiro atoms. The van der Waals surface area contributed by atoms with E-state index in [-0.39, 0.29) is 12.1 Å². The van der Waals surface area contributed by atoms with Crippen molar-refractivity contribution in [2.24, 2.45) is 5.92 Å². The van der Waals surface area contributed by atoms with Crippen LogP contribution < -0.4 is 5.32 Å². The molecule has 6 heteroatoms. The summed E-state index contributed by atoms with van der Waals surface area (Å²) >= 11 is 0. The molecule has 2 amide bonds. The van der Waals surface area contributed by atoms with Crippen molar-refractivity contribution < 1.29 is 13.7 Å². The van der Waals surface area contributed by atoms with Gasteiger partial charge in [0.05, 0.1) is 6.10 Å². The number of amides is 2. The highest BCUT2D eigenvalue weighted by atomic mass is 32.2. The van der Waals surface area contributed by atoms with E-state index in [1.54, 1.807) is 12.0 Å². The lowest BCUT2D eigenvalue weighted by molar-refractivity contribution is 0.00726. The minimum absolute atomic E-state index is 0.0874. The molecule has 23 heavy (non-hydrogen) atoms. The topological polar surface area (TPSA) is 58.6 Å². The van der Waals surface area contributed by atoms with Gasteiger partial charge in [0.1, 0.15) is 0 Å². The van der Waals surface area contributed by atoms with Crippen LogP contribution in [0.5, 0.6) is 0 Å². The summed E-state index contributed by atoms with van der Waals surface area (Å²) in [4.78, 5) is 14.0. The minimum atomic E-state index is -0.965. The van der Waals surface area contributed by atoms with Crippen LogP contribution in [-0.2, 0) is 21.3 Å². The van der Waals surface area contributed by atoms with Gasteiger partial charge in [-0.05, 0) is 17.9 Å². The van der Waals surface area contributed by atoms with E-state index in [0.29, 0.717) is 30.5 Å². The molecular formula is C17H26N2O3S. The van der Waals surface area contributed by atoms with Crippen molar-refractivity contribution in [3.8, 4) is 0 Å². The van der Waals surface area contributed by atoms with Gasteiger partial charge in [0.2, 0.25) is 0 Å². The van der Waals surface area contributed by atoms with E-state index in [4.69, 9.17) is 4.74 Å². The molecule has 1 heterocycles. The van der Waals surface area contributed by atoms with Crippen LogP contribution in [0, 0.1) is 5.92 Å². The number of methoxy groups -OCH3 is 1. The molecule has 1 aliphatic heterocycles. The molecule has 5 nitrogen and oxygen atoms in total. The van der Waals surface area contributed by atoms with E-state index in [2.05, 4.69) is 12.2 Å². The molecule has 1 aromatic rings. The molecule has 0 saturated carbocycles. The van der Waals surface area contributed by atoms with Gasteiger partial charge in [-0.2, -0.15) is 0 Å². The zero-order chi connectivity index (χ0) is 16.7. The number of hydrogen-bond donors (Lipinski definition) is 1. The number of nitrogens with zero attached hydrogens (tertiary/aromatic N) is 1. The molecule has 2 rings (SSSR count). The summed E-state index contributed by atoms with van der Waals surface area (Å²) in [5.41, 5.74) is 1.06. The molecule has 1 N–H and O–H groups in total. The Morgan fingerprint density at radius 2 is 2.13 bits per heavy atom. The van der Waals surface area contributed by atoms with Crippen molar-refractivity contribution in [2.45, 2.75) is 25.2 Å². The van der Waals surface area contributed by atoms with E-state index in [1.807, 2.05) is 30.3 Å². The number of rotatable bonds is 6. The number of nitrogens with one attached hydrogen (secondary N) is 1. The van der Waals surface area contributed by atoms with Crippen molar-refractivity contribution >= 4 is 16.8 Å². The van der Waals surface area contributed by atoms with E-state index in [1.165, 1.54) is 0 Å². The minimum Gasteiger partial charge on any atom is -0.379 e. The molecule has 0 radical (unpaired) electrons. The summed E-state index contributed by atoms with van der Waals surface area (Å²) in [6, 6.07) is 9.68. The first-order valence-corrected chi connectivity index (χ1v) is 9.53. The summed E-state index contributed by atoms with van der Waals surface area (Å²) in [5.74, 6) is 1.48. The maximum absolute atomic E-state index is 12.2. The summed E-state index contributed by atoms with van der Waals surface area (Å²) < 4.78 is 17.5. The Kier molecular flexibility index (Phi) is 7.05. The van der Waals surface area contributed by atoms with Crippen LogP contribution in [-0.4, -0.2) is 53.7 Å². The normalized spacial score (nSPS) is 22.6. The van der Waals surface area contributed by atoms with Crippen molar-refractivity contribution in [1.82, 2.24) is 10.2 Å². The second-order valence-electron chi connectivity index (χ2n) is 5.99. The number of urea groups is 1. The number of likely N-dealkylation sites (tertiary alicyclic amines) is 1. The van der Waals surface area contributed by atoms with Crippen LogP contribution >= 0.6 is 0 Å². The first-order chi connectivity index (χ1) is 11.1. The second-order valence-corrected chi connectivity index (χ2v) is 7.57.